The lowest BCUT2D eigenvalue weighted by Crippen LogP contribution is -2.46. The monoisotopic (exact) mass is 260 g/mol. The molecule has 1 aliphatic rings. The van der Waals surface area contributed by atoms with Crippen molar-refractivity contribution in [1.29, 1.82) is 0 Å². The van der Waals surface area contributed by atoms with Crippen molar-refractivity contribution >= 4 is 23.4 Å². The third-order valence-electron chi connectivity index (χ3n) is 3.06. The Bertz CT molecular complexity index is 286. The van der Waals surface area contributed by atoms with Crippen LogP contribution in [0.1, 0.15) is 33.1 Å². The van der Waals surface area contributed by atoms with E-state index in [4.69, 9.17) is 11.6 Å². The number of carbonyl (C=O) groups excluding carboxylic acids is 2. The SMILES string of the molecule is CC(C)(CCl)C(=O)NCC(=O)N1CCCCC1. The van der Waals surface area contributed by atoms with Gasteiger partial charge in [-0.1, -0.05) is 0 Å². The second-order valence-corrected chi connectivity index (χ2v) is 5.41. The fourth-order valence-electron chi connectivity index (χ4n) is 1.71. The van der Waals surface area contributed by atoms with Gasteiger partial charge < -0.3 is 10.2 Å². The summed E-state index contributed by atoms with van der Waals surface area (Å²) in [5, 5.41) is 2.66. The number of carbonyl (C=O) groups is 2. The maximum absolute atomic E-state index is 11.8. The van der Waals surface area contributed by atoms with E-state index >= 15 is 0 Å². The molecule has 0 saturated carbocycles. The highest BCUT2D eigenvalue weighted by atomic mass is 35.5. The largest absolute Gasteiger partial charge is 0.347 e. The number of likely N-dealkylation sites (tertiary alicyclic amines) is 1. The van der Waals surface area contributed by atoms with Gasteiger partial charge >= 0.3 is 0 Å². The fourth-order valence-corrected chi connectivity index (χ4v) is 1.83. The van der Waals surface area contributed by atoms with Crippen molar-refractivity contribution in [3.05, 3.63) is 0 Å². The van der Waals surface area contributed by atoms with Crippen molar-refractivity contribution in [3.63, 3.8) is 0 Å². The van der Waals surface area contributed by atoms with E-state index in [2.05, 4.69) is 5.32 Å². The standard InChI is InChI=1S/C12H21ClN2O2/c1-12(2,9-13)11(17)14-8-10(16)15-6-4-3-5-7-15/h3-9H2,1-2H3,(H,14,17). The average Bonchev–Trinajstić information content (AvgIpc) is 2.36. The van der Waals surface area contributed by atoms with Crippen molar-refractivity contribution in [2.45, 2.75) is 33.1 Å². The molecular weight excluding hydrogens is 240 g/mol. The number of alkyl halides is 1. The molecular formula is C12H21ClN2O2. The van der Waals surface area contributed by atoms with E-state index in [1.165, 1.54) is 6.42 Å². The van der Waals surface area contributed by atoms with Crippen molar-refractivity contribution in [3.8, 4) is 0 Å². The molecule has 2 amide bonds. The van der Waals surface area contributed by atoms with Gasteiger partial charge in [-0.2, -0.15) is 0 Å². The van der Waals surface area contributed by atoms with Gasteiger partial charge in [-0.3, -0.25) is 9.59 Å². The number of nitrogens with zero attached hydrogens (tertiary/aromatic N) is 1. The molecule has 1 heterocycles. The minimum absolute atomic E-state index is 0.00317. The van der Waals surface area contributed by atoms with Crippen LogP contribution in [0.2, 0.25) is 0 Å². The van der Waals surface area contributed by atoms with Gasteiger partial charge in [-0.05, 0) is 33.1 Å². The summed E-state index contributed by atoms with van der Waals surface area (Å²) in [6.07, 6.45) is 3.31. The lowest BCUT2D eigenvalue weighted by Gasteiger charge is -2.27. The normalized spacial score (nSPS) is 16.8. The van der Waals surface area contributed by atoms with E-state index in [0.29, 0.717) is 0 Å². The predicted octanol–water partition coefficient (Wildman–Crippen LogP) is 1.38. The summed E-state index contributed by atoms with van der Waals surface area (Å²) in [5.74, 6) is 0.0813. The molecule has 17 heavy (non-hydrogen) atoms. The molecule has 0 aromatic rings. The molecule has 1 N–H and O–H groups in total. The number of rotatable bonds is 4. The molecule has 0 bridgehead atoms. The lowest BCUT2D eigenvalue weighted by molar-refractivity contribution is -0.135. The third kappa shape index (κ3) is 4.19. The number of hydrogen-bond donors (Lipinski definition) is 1. The fraction of sp³-hybridized carbons (Fsp3) is 0.833. The number of hydrogen-bond acceptors (Lipinski definition) is 2. The smallest absolute Gasteiger partial charge is 0.241 e. The topological polar surface area (TPSA) is 49.4 Å². The summed E-state index contributed by atoms with van der Waals surface area (Å²) in [6.45, 7) is 5.24. The van der Waals surface area contributed by atoms with Crippen LogP contribution >= 0.6 is 11.6 Å². The quantitative estimate of drug-likeness (QED) is 0.777. The molecule has 0 spiro atoms. The summed E-state index contributed by atoms with van der Waals surface area (Å²) >= 11 is 5.70. The molecule has 0 atom stereocenters. The summed E-state index contributed by atoms with van der Waals surface area (Å²) in [6, 6.07) is 0. The Balaban J connectivity index is 2.35. The summed E-state index contributed by atoms with van der Waals surface area (Å²) in [7, 11) is 0. The Morgan fingerprint density at radius 3 is 2.35 bits per heavy atom. The van der Waals surface area contributed by atoms with Gasteiger partial charge in [0.2, 0.25) is 11.8 Å². The first-order chi connectivity index (χ1) is 7.97. The summed E-state index contributed by atoms with van der Waals surface area (Å²) in [4.78, 5) is 25.3. The molecule has 1 rings (SSSR count). The van der Waals surface area contributed by atoms with Gasteiger partial charge in [0.05, 0.1) is 12.0 Å². The van der Waals surface area contributed by atoms with Gasteiger partial charge in [0.1, 0.15) is 0 Å². The Morgan fingerprint density at radius 1 is 1.24 bits per heavy atom. The molecule has 1 aliphatic heterocycles. The van der Waals surface area contributed by atoms with Crippen LogP contribution in [0, 0.1) is 5.41 Å². The molecule has 0 radical (unpaired) electrons. The first-order valence-electron chi connectivity index (χ1n) is 6.09. The van der Waals surface area contributed by atoms with Crippen molar-refractivity contribution in [2.24, 2.45) is 5.41 Å². The van der Waals surface area contributed by atoms with Crippen LogP contribution in [0.5, 0.6) is 0 Å². The van der Waals surface area contributed by atoms with Gasteiger partial charge in [0, 0.05) is 19.0 Å². The van der Waals surface area contributed by atoms with Gasteiger partial charge in [0.15, 0.2) is 0 Å². The van der Waals surface area contributed by atoms with E-state index < -0.39 is 5.41 Å². The zero-order valence-electron chi connectivity index (χ0n) is 10.6. The molecule has 5 heteroatoms. The molecule has 0 unspecified atom stereocenters. The Labute approximate surface area is 108 Å². The van der Waals surface area contributed by atoms with Crippen LogP contribution in [0.3, 0.4) is 0 Å². The van der Waals surface area contributed by atoms with Gasteiger partial charge in [-0.15, -0.1) is 11.6 Å². The maximum Gasteiger partial charge on any atom is 0.241 e. The molecule has 0 aliphatic carbocycles. The highest BCUT2D eigenvalue weighted by Gasteiger charge is 2.27. The Kier molecular flexibility index (Phi) is 5.25. The first kappa shape index (κ1) is 14.3. The zero-order chi connectivity index (χ0) is 12.9. The second kappa shape index (κ2) is 6.24. The highest BCUT2D eigenvalue weighted by molar-refractivity contribution is 6.19. The Morgan fingerprint density at radius 2 is 1.82 bits per heavy atom. The zero-order valence-corrected chi connectivity index (χ0v) is 11.3. The number of piperidine rings is 1. The van der Waals surface area contributed by atoms with E-state index in [-0.39, 0.29) is 24.2 Å². The van der Waals surface area contributed by atoms with Crippen LogP contribution in [-0.4, -0.2) is 42.2 Å². The van der Waals surface area contributed by atoms with E-state index in [0.717, 1.165) is 25.9 Å². The first-order valence-corrected chi connectivity index (χ1v) is 6.63. The van der Waals surface area contributed by atoms with Crippen molar-refractivity contribution in [1.82, 2.24) is 10.2 Å². The highest BCUT2D eigenvalue weighted by Crippen LogP contribution is 2.16. The molecule has 98 valence electrons. The average molecular weight is 261 g/mol. The van der Waals surface area contributed by atoms with Gasteiger partial charge in [-0.25, -0.2) is 0 Å². The van der Waals surface area contributed by atoms with Crippen LogP contribution in [0.15, 0.2) is 0 Å². The van der Waals surface area contributed by atoms with Crippen molar-refractivity contribution in [2.75, 3.05) is 25.5 Å². The third-order valence-corrected chi connectivity index (χ3v) is 3.73. The molecule has 4 nitrogen and oxygen atoms in total. The summed E-state index contributed by atoms with van der Waals surface area (Å²) < 4.78 is 0. The van der Waals surface area contributed by atoms with Gasteiger partial charge in [0.25, 0.3) is 0 Å². The molecule has 0 aromatic carbocycles. The maximum atomic E-state index is 11.8. The lowest BCUT2D eigenvalue weighted by atomic mass is 9.95. The van der Waals surface area contributed by atoms with E-state index in [1.54, 1.807) is 13.8 Å². The van der Waals surface area contributed by atoms with Crippen LogP contribution in [-0.2, 0) is 9.59 Å². The molecule has 1 saturated heterocycles. The van der Waals surface area contributed by atoms with Crippen molar-refractivity contribution < 1.29 is 9.59 Å². The number of nitrogens with one attached hydrogen (secondary N) is 1. The predicted molar refractivity (Wildman–Crippen MR) is 67.9 cm³/mol. The van der Waals surface area contributed by atoms with Crippen LogP contribution < -0.4 is 5.32 Å². The number of halogens is 1. The minimum Gasteiger partial charge on any atom is -0.347 e. The van der Waals surface area contributed by atoms with E-state index in [9.17, 15) is 9.59 Å². The second-order valence-electron chi connectivity index (χ2n) is 5.14. The minimum atomic E-state index is -0.621. The molecule has 1 fully saturated rings. The molecule has 0 aromatic heterocycles. The van der Waals surface area contributed by atoms with Crippen LogP contribution in [0.25, 0.3) is 0 Å². The van der Waals surface area contributed by atoms with Crippen LogP contribution in [0.4, 0.5) is 0 Å². The van der Waals surface area contributed by atoms with E-state index in [1.807, 2.05) is 4.90 Å². The number of amides is 2. The Hall–Kier alpha value is -0.770. The summed E-state index contributed by atoms with van der Waals surface area (Å²) in [5.41, 5.74) is -0.621.